The van der Waals surface area contributed by atoms with Crippen LogP contribution < -0.4 is 5.32 Å². The summed E-state index contributed by atoms with van der Waals surface area (Å²) < 4.78 is 1.25. The van der Waals surface area contributed by atoms with Crippen LogP contribution in [0.25, 0.3) is 0 Å². The molecule has 1 aromatic carbocycles. The molecule has 0 bridgehead atoms. The molecule has 0 aliphatic heterocycles. The molecule has 88 valence electrons. The third kappa shape index (κ3) is 2.84. The van der Waals surface area contributed by atoms with Crippen LogP contribution in [-0.2, 0) is 0 Å². The summed E-state index contributed by atoms with van der Waals surface area (Å²) in [6, 6.07) is 10.8. The first-order chi connectivity index (χ1) is 8.22. The van der Waals surface area contributed by atoms with E-state index in [2.05, 4.69) is 64.1 Å². The second-order valence-electron chi connectivity index (χ2n) is 4.01. The topological polar surface area (TPSA) is 24.9 Å². The van der Waals surface area contributed by atoms with E-state index in [1.54, 1.807) is 0 Å². The van der Waals surface area contributed by atoms with Crippen LogP contribution in [0.3, 0.4) is 0 Å². The Bertz CT molecular complexity index is 494. The van der Waals surface area contributed by atoms with E-state index in [4.69, 9.17) is 0 Å². The van der Waals surface area contributed by atoms with Crippen molar-refractivity contribution in [3.63, 3.8) is 0 Å². The lowest BCUT2D eigenvalue weighted by molar-refractivity contribution is 0.684. The Balaban J connectivity index is 2.40. The van der Waals surface area contributed by atoms with Gasteiger partial charge in [0.15, 0.2) is 0 Å². The molecule has 1 N–H and O–H groups in total. The largest absolute Gasteiger partial charge is 0.309 e. The molecule has 0 aliphatic rings. The van der Waals surface area contributed by atoms with Gasteiger partial charge in [-0.15, -0.1) is 0 Å². The number of nitrogens with one attached hydrogen (secondary N) is 1. The summed E-state index contributed by atoms with van der Waals surface area (Å²) in [6.45, 7) is 2.12. The molecule has 0 saturated carbocycles. The second-order valence-corrected chi connectivity index (χ2v) is 5.25. The number of aryl methyl sites for hydroxylation is 1. The summed E-state index contributed by atoms with van der Waals surface area (Å²) in [4.78, 5) is 4.22. The van der Waals surface area contributed by atoms with E-state index >= 15 is 0 Å². The van der Waals surface area contributed by atoms with Crippen LogP contribution in [0.1, 0.15) is 22.7 Å². The Labute approximate surface area is 116 Å². The average Bonchev–Trinajstić information content (AvgIpc) is 2.35. The predicted molar refractivity (Wildman–Crippen MR) is 79.0 cm³/mol. The van der Waals surface area contributed by atoms with Gasteiger partial charge in [-0.25, -0.2) is 0 Å². The van der Waals surface area contributed by atoms with Crippen molar-refractivity contribution in [2.75, 3.05) is 7.05 Å². The third-order valence-electron chi connectivity index (χ3n) is 2.88. The Morgan fingerprint density at radius 2 is 1.88 bits per heavy atom. The maximum absolute atomic E-state index is 4.22. The van der Waals surface area contributed by atoms with Crippen molar-refractivity contribution >= 4 is 22.6 Å². The fourth-order valence-electron chi connectivity index (χ4n) is 1.94. The molecular weight excluding hydrogens is 323 g/mol. The molecule has 1 atom stereocenters. The number of hydrogen-bond donors (Lipinski definition) is 1. The molecule has 0 radical (unpaired) electrons. The Kier molecular flexibility index (Phi) is 4.12. The molecule has 1 heterocycles. The van der Waals surface area contributed by atoms with Crippen LogP contribution in [0.4, 0.5) is 0 Å². The SMILES string of the molecule is CNC(c1ccc(I)cc1)c1cnccc1C. The maximum Gasteiger partial charge on any atom is 0.0592 e. The third-order valence-corrected chi connectivity index (χ3v) is 3.60. The van der Waals surface area contributed by atoms with Gasteiger partial charge in [-0.05, 0) is 71.5 Å². The highest BCUT2D eigenvalue weighted by Crippen LogP contribution is 2.24. The van der Waals surface area contributed by atoms with E-state index in [9.17, 15) is 0 Å². The van der Waals surface area contributed by atoms with Crippen LogP contribution in [-0.4, -0.2) is 12.0 Å². The van der Waals surface area contributed by atoms with Gasteiger partial charge in [0.05, 0.1) is 6.04 Å². The van der Waals surface area contributed by atoms with Crippen molar-refractivity contribution in [3.8, 4) is 0 Å². The van der Waals surface area contributed by atoms with Gasteiger partial charge in [0.1, 0.15) is 0 Å². The number of benzene rings is 1. The maximum atomic E-state index is 4.22. The van der Waals surface area contributed by atoms with Crippen molar-refractivity contribution in [2.24, 2.45) is 0 Å². The second kappa shape index (κ2) is 5.60. The minimum Gasteiger partial charge on any atom is -0.309 e. The van der Waals surface area contributed by atoms with Crippen molar-refractivity contribution in [1.82, 2.24) is 10.3 Å². The molecule has 1 unspecified atom stereocenters. The molecule has 3 heteroatoms. The van der Waals surface area contributed by atoms with E-state index in [1.165, 1.54) is 20.3 Å². The number of aromatic nitrogens is 1. The Morgan fingerprint density at radius 3 is 2.47 bits per heavy atom. The summed E-state index contributed by atoms with van der Waals surface area (Å²) >= 11 is 2.32. The number of rotatable bonds is 3. The molecule has 2 aromatic rings. The van der Waals surface area contributed by atoms with Gasteiger partial charge in [-0.2, -0.15) is 0 Å². The molecule has 17 heavy (non-hydrogen) atoms. The average molecular weight is 338 g/mol. The van der Waals surface area contributed by atoms with Crippen LogP contribution >= 0.6 is 22.6 Å². The molecule has 0 saturated heterocycles. The highest BCUT2D eigenvalue weighted by Gasteiger charge is 2.13. The lowest BCUT2D eigenvalue weighted by atomic mass is 9.97. The van der Waals surface area contributed by atoms with Gasteiger partial charge in [0.2, 0.25) is 0 Å². The summed E-state index contributed by atoms with van der Waals surface area (Å²) in [7, 11) is 1.98. The lowest BCUT2D eigenvalue weighted by Crippen LogP contribution is -2.18. The molecule has 2 nitrogen and oxygen atoms in total. The Hall–Kier alpha value is -0.940. The lowest BCUT2D eigenvalue weighted by Gasteiger charge is -2.18. The number of halogens is 1. The number of hydrogen-bond acceptors (Lipinski definition) is 2. The van der Waals surface area contributed by atoms with Crippen LogP contribution in [0.5, 0.6) is 0 Å². The molecule has 2 rings (SSSR count). The molecule has 0 spiro atoms. The molecule has 0 fully saturated rings. The summed E-state index contributed by atoms with van der Waals surface area (Å²) in [6.07, 6.45) is 3.77. The van der Waals surface area contributed by atoms with Crippen molar-refractivity contribution < 1.29 is 0 Å². The van der Waals surface area contributed by atoms with E-state index in [0.717, 1.165) is 0 Å². The van der Waals surface area contributed by atoms with Crippen molar-refractivity contribution in [1.29, 1.82) is 0 Å². The normalized spacial score (nSPS) is 12.4. The minimum absolute atomic E-state index is 0.209. The summed E-state index contributed by atoms with van der Waals surface area (Å²) in [5, 5.41) is 3.35. The highest BCUT2D eigenvalue weighted by atomic mass is 127. The number of nitrogens with zero attached hydrogens (tertiary/aromatic N) is 1. The van der Waals surface area contributed by atoms with Crippen LogP contribution in [0.15, 0.2) is 42.7 Å². The van der Waals surface area contributed by atoms with E-state index in [0.29, 0.717) is 0 Å². The smallest absolute Gasteiger partial charge is 0.0592 e. The first-order valence-electron chi connectivity index (χ1n) is 5.55. The van der Waals surface area contributed by atoms with E-state index in [1.807, 2.05) is 25.5 Å². The van der Waals surface area contributed by atoms with E-state index < -0.39 is 0 Å². The van der Waals surface area contributed by atoms with Gasteiger partial charge in [-0.1, -0.05) is 12.1 Å². The standard InChI is InChI=1S/C14H15IN2/c1-10-7-8-17-9-13(10)14(16-2)11-3-5-12(15)6-4-11/h3-9,14,16H,1-2H3. The van der Waals surface area contributed by atoms with Crippen molar-refractivity contribution in [2.45, 2.75) is 13.0 Å². The van der Waals surface area contributed by atoms with Gasteiger partial charge < -0.3 is 5.32 Å². The predicted octanol–water partition coefficient (Wildman–Crippen LogP) is 3.30. The molecule has 0 amide bonds. The van der Waals surface area contributed by atoms with E-state index in [-0.39, 0.29) is 6.04 Å². The van der Waals surface area contributed by atoms with Gasteiger partial charge >= 0.3 is 0 Å². The van der Waals surface area contributed by atoms with Crippen molar-refractivity contribution in [3.05, 3.63) is 63.0 Å². The van der Waals surface area contributed by atoms with Gasteiger partial charge in [0, 0.05) is 16.0 Å². The molecule has 1 aromatic heterocycles. The molecule has 0 aliphatic carbocycles. The summed E-state index contributed by atoms with van der Waals surface area (Å²) in [5.41, 5.74) is 3.76. The fourth-order valence-corrected chi connectivity index (χ4v) is 2.29. The summed E-state index contributed by atoms with van der Waals surface area (Å²) in [5.74, 6) is 0. The van der Waals surface area contributed by atoms with Crippen LogP contribution in [0.2, 0.25) is 0 Å². The minimum atomic E-state index is 0.209. The zero-order valence-electron chi connectivity index (χ0n) is 9.94. The first kappa shape index (κ1) is 12.5. The quantitative estimate of drug-likeness (QED) is 0.869. The monoisotopic (exact) mass is 338 g/mol. The molecular formula is C14H15IN2. The fraction of sp³-hybridized carbons (Fsp3) is 0.214. The number of pyridine rings is 1. The van der Waals surface area contributed by atoms with Crippen LogP contribution in [0, 0.1) is 10.5 Å². The zero-order chi connectivity index (χ0) is 12.3. The van der Waals surface area contributed by atoms with Gasteiger partial charge in [-0.3, -0.25) is 4.98 Å². The first-order valence-corrected chi connectivity index (χ1v) is 6.63. The van der Waals surface area contributed by atoms with Gasteiger partial charge in [0.25, 0.3) is 0 Å². The Morgan fingerprint density at radius 1 is 1.18 bits per heavy atom. The highest BCUT2D eigenvalue weighted by molar-refractivity contribution is 14.1. The zero-order valence-corrected chi connectivity index (χ0v) is 12.1.